The Bertz CT molecular complexity index is 437. The van der Waals surface area contributed by atoms with Crippen LogP contribution in [0.3, 0.4) is 0 Å². The molecule has 0 heterocycles. The van der Waals surface area contributed by atoms with Gasteiger partial charge in [-0.15, -0.1) is 0 Å². The van der Waals surface area contributed by atoms with Crippen LogP contribution in [0.5, 0.6) is 5.75 Å². The Hall–Kier alpha value is -1.33. The molecule has 0 aliphatic heterocycles. The highest BCUT2D eigenvalue weighted by Gasteiger charge is 2.24. The van der Waals surface area contributed by atoms with Gasteiger partial charge in [-0.3, -0.25) is 4.79 Å². The summed E-state index contributed by atoms with van der Waals surface area (Å²) in [6.07, 6.45) is 0. The third-order valence-corrected chi connectivity index (χ3v) is 2.65. The van der Waals surface area contributed by atoms with Crippen LogP contribution in [-0.4, -0.2) is 18.2 Å². The van der Waals surface area contributed by atoms with Crippen molar-refractivity contribution in [1.29, 1.82) is 0 Å². The quantitative estimate of drug-likeness (QED) is 0.855. The summed E-state index contributed by atoms with van der Waals surface area (Å²) in [4.78, 5) is 10.7. The molecule has 1 atom stereocenters. The maximum Gasteiger partial charge on any atom is 0.325 e. The molecule has 1 rings (SSSR count). The molecule has 1 aromatic carbocycles. The van der Waals surface area contributed by atoms with Crippen molar-refractivity contribution >= 4 is 17.6 Å². The Labute approximate surface area is 96.8 Å². The maximum atomic E-state index is 13.8. The van der Waals surface area contributed by atoms with Gasteiger partial charge in [-0.1, -0.05) is 11.6 Å². The summed E-state index contributed by atoms with van der Waals surface area (Å²) >= 11 is 5.80. The van der Waals surface area contributed by atoms with Gasteiger partial charge in [0.1, 0.15) is 6.04 Å². The van der Waals surface area contributed by atoms with Crippen molar-refractivity contribution in [2.75, 3.05) is 7.11 Å². The topological polar surface area (TPSA) is 72.5 Å². The molecule has 0 amide bonds. The molecule has 0 fully saturated rings. The van der Waals surface area contributed by atoms with Gasteiger partial charge in [-0.25, -0.2) is 4.39 Å². The molecule has 0 spiro atoms. The Morgan fingerprint density at radius 1 is 1.69 bits per heavy atom. The Kier molecular flexibility index (Phi) is 3.72. The molecule has 16 heavy (non-hydrogen) atoms. The molecule has 3 N–H and O–H groups in total. The number of hydrogen-bond acceptors (Lipinski definition) is 3. The van der Waals surface area contributed by atoms with E-state index in [1.165, 1.54) is 13.2 Å². The van der Waals surface area contributed by atoms with Gasteiger partial charge < -0.3 is 15.6 Å². The summed E-state index contributed by atoms with van der Waals surface area (Å²) < 4.78 is 18.5. The lowest BCUT2D eigenvalue weighted by Crippen LogP contribution is -2.22. The largest absolute Gasteiger partial charge is 0.492 e. The van der Waals surface area contributed by atoms with E-state index in [0.717, 1.165) is 0 Å². The van der Waals surface area contributed by atoms with Gasteiger partial charge in [0.2, 0.25) is 0 Å². The highest BCUT2D eigenvalue weighted by molar-refractivity contribution is 6.32. The second-order valence-electron chi connectivity index (χ2n) is 3.26. The minimum atomic E-state index is -1.44. The van der Waals surface area contributed by atoms with Crippen LogP contribution in [-0.2, 0) is 4.79 Å². The molecule has 0 aliphatic carbocycles. The standard InChI is InChI=1S/C10H11ClFNO3/c1-4-3-5(8(13)10(14)15)7(12)9(16-2)6(4)11/h3,8H,13H2,1-2H3,(H,14,15). The zero-order valence-electron chi connectivity index (χ0n) is 8.75. The van der Waals surface area contributed by atoms with Gasteiger partial charge in [-0.2, -0.15) is 0 Å². The van der Waals surface area contributed by atoms with Crippen LogP contribution < -0.4 is 10.5 Å². The van der Waals surface area contributed by atoms with Crippen molar-refractivity contribution in [1.82, 2.24) is 0 Å². The molecule has 1 unspecified atom stereocenters. The van der Waals surface area contributed by atoms with E-state index in [0.29, 0.717) is 5.56 Å². The van der Waals surface area contributed by atoms with E-state index in [-0.39, 0.29) is 16.3 Å². The van der Waals surface area contributed by atoms with E-state index in [4.69, 9.17) is 27.2 Å². The molecule has 0 aromatic heterocycles. The van der Waals surface area contributed by atoms with Crippen molar-refractivity contribution in [2.45, 2.75) is 13.0 Å². The van der Waals surface area contributed by atoms with Crippen LogP contribution >= 0.6 is 11.6 Å². The monoisotopic (exact) mass is 247 g/mol. The predicted molar refractivity (Wildman–Crippen MR) is 57.3 cm³/mol. The van der Waals surface area contributed by atoms with E-state index >= 15 is 0 Å². The molecule has 4 nitrogen and oxygen atoms in total. The first-order valence-electron chi connectivity index (χ1n) is 4.41. The van der Waals surface area contributed by atoms with Crippen LogP contribution in [0.1, 0.15) is 17.2 Å². The molecule has 88 valence electrons. The Morgan fingerprint density at radius 2 is 2.25 bits per heavy atom. The summed E-state index contributed by atoms with van der Waals surface area (Å²) in [5, 5.41) is 8.83. The Morgan fingerprint density at radius 3 is 2.69 bits per heavy atom. The molecule has 0 radical (unpaired) electrons. The van der Waals surface area contributed by atoms with Crippen LogP contribution in [0.4, 0.5) is 4.39 Å². The van der Waals surface area contributed by atoms with Crippen molar-refractivity contribution in [2.24, 2.45) is 5.73 Å². The zero-order valence-corrected chi connectivity index (χ0v) is 9.51. The van der Waals surface area contributed by atoms with Crippen LogP contribution in [0.15, 0.2) is 6.07 Å². The first-order chi connectivity index (χ1) is 7.40. The van der Waals surface area contributed by atoms with Crippen molar-refractivity contribution in [3.63, 3.8) is 0 Å². The zero-order chi connectivity index (χ0) is 12.5. The molecule has 0 bridgehead atoms. The summed E-state index contributed by atoms with van der Waals surface area (Å²) in [7, 11) is 1.25. The summed E-state index contributed by atoms with van der Waals surface area (Å²) in [6, 6.07) is -0.135. The number of halogens is 2. The number of hydrogen-bond donors (Lipinski definition) is 2. The lowest BCUT2D eigenvalue weighted by atomic mass is 10.0. The number of methoxy groups -OCH3 is 1. The minimum Gasteiger partial charge on any atom is -0.492 e. The molecule has 0 saturated carbocycles. The molecular weight excluding hydrogens is 237 g/mol. The third kappa shape index (κ3) is 2.10. The maximum absolute atomic E-state index is 13.8. The second kappa shape index (κ2) is 4.67. The van der Waals surface area contributed by atoms with Crippen molar-refractivity contribution < 1.29 is 19.0 Å². The van der Waals surface area contributed by atoms with Crippen LogP contribution in [0.25, 0.3) is 0 Å². The average molecular weight is 248 g/mol. The number of carboxylic acids is 1. The molecule has 6 heteroatoms. The van der Waals surface area contributed by atoms with E-state index in [1.54, 1.807) is 6.92 Å². The first-order valence-corrected chi connectivity index (χ1v) is 4.78. The van der Waals surface area contributed by atoms with Crippen LogP contribution in [0.2, 0.25) is 5.02 Å². The first kappa shape index (κ1) is 12.7. The van der Waals surface area contributed by atoms with Gasteiger partial charge in [-0.05, 0) is 18.6 Å². The minimum absolute atomic E-state index is 0.112. The molecule has 0 aliphatic rings. The smallest absolute Gasteiger partial charge is 0.325 e. The number of benzene rings is 1. The SMILES string of the molecule is COc1c(F)c(C(N)C(=O)O)cc(C)c1Cl. The fourth-order valence-corrected chi connectivity index (χ4v) is 1.52. The summed E-state index contributed by atoms with van der Waals surface area (Å²) in [5.74, 6) is -2.34. The van der Waals surface area contributed by atoms with Gasteiger partial charge in [0, 0.05) is 5.56 Å². The number of nitrogens with two attached hydrogens (primary N) is 1. The third-order valence-electron chi connectivity index (χ3n) is 2.18. The highest BCUT2D eigenvalue weighted by Crippen LogP contribution is 2.34. The lowest BCUT2D eigenvalue weighted by Gasteiger charge is -2.14. The fraction of sp³-hybridized carbons (Fsp3) is 0.300. The average Bonchev–Trinajstić information content (AvgIpc) is 2.23. The van der Waals surface area contributed by atoms with E-state index < -0.39 is 17.8 Å². The molecule has 1 aromatic rings. The summed E-state index contributed by atoms with van der Waals surface area (Å²) in [5.41, 5.74) is 5.70. The van der Waals surface area contributed by atoms with Crippen molar-refractivity contribution in [3.05, 3.63) is 28.0 Å². The summed E-state index contributed by atoms with van der Waals surface area (Å²) in [6.45, 7) is 1.61. The van der Waals surface area contributed by atoms with Crippen molar-refractivity contribution in [3.8, 4) is 5.75 Å². The Balaban J connectivity index is 3.42. The van der Waals surface area contributed by atoms with Gasteiger partial charge >= 0.3 is 5.97 Å². The number of carbonyl (C=O) groups is 1. The van der Waals surface area contributed by atoms with E-state index in [2.05, 4.69) is 0 Å². The lowest BCUT2D eigenvalue weighted by molar-refractivity contribution is -0.138. The van der Waals surface area contributed by atoms with Gasteiger partial charge in [0.15, 0.2) is 11.6 Å². The van der Waals surface area contributed by atoms with E-state index in [1.807, 2.05) is 0 Å². The number of ether oxygens (including phenoxy) is 1. The van der Waals surface area contributed by atoms with Crippen LogP contribution in [0, 0.1) is 12.7 Å². The number of rotatable bonds is 3. The fourth-order valence-electron chi connectivity index (χ4n) is 1.31. The number of aryl methyl sites for hydroxylation is 1. The second-order valence-corrected chi connectivity index (χ2v) is 3.64. The molecule has 0 saturated heterocycles. The number of aliphatic carboxylic acids is 1. The van der Waals surface area contributed by atoms with Gasteiger partial charge in [0.25, 0.3) is 0 Å². The molecular formula is C10H11ClFNO3. The number of carboxylic acid groups (broad SMARTS) is 1. The van der Waals surface area contributed by atoms with E-state index in [9.17, 15) is 9.18 Å². The highest BCUT2D eigenvalue weighted by atomic mass is 35.5. The van der Waals surface area contributed by atoms with Gasteiger partial charge in [0.05, 0.1) is 12.1 Å². The normalized spacial score (nSPS) is 12.3. The predicted octanol–water partition coefficient (Wildman–Crippen LogP) is 1.88.